The van der Waals surface area contributed by atoms with Gasteiger partial charge in [-0.1, -0.05) is 96.1 Å². The van der Waals surface area contributed by atoms with E-state index in [4.69, 9.17) is 37.9 Å². The predicted octanol–water partition coefficient (Wildman–Crippen LogP) is 10.3. The maximum atomic E-state index is 13.2. The van der Waals surface area contributed by atoms with E-state index in [-0.39, 0.29) is 86.8 Å². The lowest BCUT2D eigenvalue weighted by atomic mass is 9.87. The molecule has 3 aliphatic heterocycles. The van der Waals surface area contributed by atoms with Crippen molar-refractivity contribution < 1.29 is 68.7 Å². The van der Waals surface area contributed by atoms with Crippen LogP contribution in [0.2, 0.25) is 0 Å². The van der Waals surface area contributed by atoms with E-state index in [2.05, 4.69) is 139 Å². The molecule has 0 aromatic heterocycles. The molecule has 2 atom stereocenters. The molecule has 3 aliphatic rings. The van der Waals surface area contributed by atoms with Gasteiger partial charge in [0.25, 0.3) is 0 Å². The quantitative estimate of drug-likeness (QED) is 0.0560. The molecule has 0 aliphatic carbocycles. The second-order valence-corrected chi connectivity index (χ2v) is 31.2. The molecule has 82 heavy (non-hydrogen) atoms. The Kier molecular flexibility index (Phi) is 24.9. The molecular formula is C68H81IO10S3+4. The van der Waals surface area contributed by atoms with E-state index < -0.39 is 0 Å². The largest absolute Gasteiger partial charge is 0.497 e. The topological polar surface area (TPSA) is 108 Å². The fraction of sp³-hybridized carbons (Fsp3) is 0.353. The fourth-order valence-electron chi connectivity index (χ4n) is 9.56. The van der Waals surface area contributed by atoms with Gasteiger partial charge in [0.15, 0.2) is 43.8 Å². The highest BCUT2D eigenvalue weighted by molar-refractivity contribution is 7.98. The lowest BCUT2D eigenvalue weighted by molar-refractivity contribution is -0.597. The monoisotopic (exact) mass is 1280 g/mol. The minimum absolute atomic E-state index is 0.0222. The molecule has 0 amide bonds. The number of ketones is 2. The van der Waals surface area contributed by atoms with Gasteiger partial charge in [-0.2, -0.15) is 0 Å². The summed E-state index contributed by atoms with van der Waals surface area (Å²) in [6.07, 6.45) is 0. The van der Waals surface area contributed by atoms with Gasteiger partial charge >= 0.3 is 21.2 Å². The third-order valence-corrected chi connectivity index (χ3v) is 24.2. The summed E-state index contributed by atoms with van der Waals surface area (Å²) < 4.78 is 46.5. The maximum absolute atomic E-state index is 13.2. The lowest BCUT2D eigenvalue weighted by Crippen LogP contribution is -3.61. The standard InChI is InChI=1S/C21H21O3S.C18H25O4S.C17H25O3S.C12H10I/c1-22-16-7-4-10-19(13-16)25(20-11-5-8-17(14-20)23-2)21-12-6-9-18(15-21)24-3;1-18(2,3)17(23-10-8-20-9-11-23)16(19)13-4-5-14-15(12-13)22-7-6-21-14;1-17(2,3)16(21-11-9-20-10-12-21)15(18)13-5-7-14(19-4)8-6-13;1-3-7-11(8-4-1)13-12-9-5-2-6-10-12/h4-15H,1-3H3;4-5,12,17H,6-11H2,1-3H3;5-8,16H,9-12H2,1-4H3;1-10H/q4*+1. The molecule has 0 spiro atoms. The summed E-state index contributed by atoms with van der Waals surface area (Å²) in [7, 11) is 6.59. The lowest BCUT2D eigenvalue weighted by Gasteiger charge is -2.31. The maximum Gasteiger partial charge on any atom is 0.357 e. The Balaban J connectivity index is 0.000000161. The first-order valence-corrected chi connectivity index (χ1v) is 34.2. The number of carbonyl (C=O) groups excluding carboxylic acids is 2. The highest BCUT2D eigenvalue weighted by Gasteiger charge is 2.48. The van der Waals surface area contributed by atoms with Crippen LogP contribution in [0.1, 0.15) is 62.3 Å². The molecule has 7 aromatic carbocycles. The normalized spacial score (nSPS) is 15.1. The van der Waals surface area contributed by atoms with Gasteiger partial charge in [-0.25, -0.2) is 0 Å². The number of benzene rings is 7. The van der Waals surface area contributed by atoms with Crippen LogP contribution in [-0.2, 0) is 42.2 Å². The number of methoxy groups -OCH3 is 4. The molecule has 434 valence electrons. The Bertz CT molecular complexity index is 2910. The van der Waals surface area contributed by atoms with Crippen LogP contribution < -0.4 is 49.6 Å². The third-order valence-electron chi connectivity index (χ3n) is 13.4. The second-order valence-electron chi connectivity index (χ2n) is 21.5. The molecule has 3 heterocycles. The summed E-state index contributed by atoms with van der Waals surface area (Å²) >= 11 is 0.0287. The van der Waals surface area contributed by atoms with Gasteiger partial charge in [-0.15, -0.1) is 0 Å². The van der Waals surface area contributed by atoms with E-state index in [9.17, 15) is 9.59 Å². The Morgan fingerprint density at radius 2 is 0.805 bits per heavy atom. The smallest absolute Gasteiger partial charge is 0.357 e. The van der Waals surface area contributed by atoms with E-state index in [1.807, 2.05) is 78.9 Å². The molecule has 2 saturated heterocycles. The Hall–Kier alpha value is -5.62. The summed E-state index contributed by atoms with van der Waals surface area (Å²) in [5, 5.41) is 0.0868. The second kappa shape index (κ2) is 31.9. The zero-order valence-corrected chi connectivity index (χ0v) is 53.8. The first kappa shape index (κ1) is 64.0. The first-order valence-electron chi connectivity index (χ1n) is 27.6. The number of ether oxygens (including phenoxy) is 8. The van der Waals surface area contributed by atoms with Crippen molar-refractivity contribution >= 4 is 44.3 Å². The number of halogens is 1. The molecule has 0 saturated carbocycles. The van der Waals surface area contributed by atoms with Crippen LogP contribution in [0.25, 0.3) is 0 Å². The highest BCUT2D eigenvalue weighted by Crippen LogP contribution is 2.38. The van der Waals surface area contributed by atoms with Gasteiger partial charge in [-0.3, -0.25) is 9.59 Å². The van der Waals surface area contributed by atoms with Gasteiger partial charge in [0.1, 0.15) is 59.2 Å². The van der Waals surface area contributed by atoms with Gasteiger partial charge in [0.2, 0.25) is 11.6 Å². The third kappa shape index (κ3) is 18.7. The number of Topliss-reactive ketones (excluding diaryl/α,β-unsaturated/α-hetero) is 2. The van der Waals surface area contributed by atoms with Gasteiger partial charge in [0, 0.05) is 61.9 Å². The summed E-state index contributed by atoms with van der Waals surface area (Å²) in [6, 6.07) is 59.1. The van der Waals surface area contributed by atoms with Crippen molar-refractivity contribution in [2.75, 3.05) is 91.1 Å². The molecule has 7 aromatic rings. The van der Waals surface area contributed by atoms with Crippen LogP contribution in [0.3, 0.4) is 0 Å². The Labute approximate surface area is 506 Å². The van der Waals surface area contributed by atoms with Crippen molar-refractivity contribution in [3.05, 3.63) is 194 Å². The number of hydrogen-bond acceptors (Lipinski definition) is 10. The SMILES string of the molecule is CC(C)(C)C(C(=O)c1ccc2c(c1)OCCO2)[S+]1CCOCC1.COc1ccc(C(=O)C([S+]2CCOCC2)C(C)(C)C)cc1.COc1cccc([S+](c2cccc(OC)c2)c2cccc(OC)c2)c1.c1ccc([I+]c2ccccc2)cc1. The molecule has 0 radical (unpaired) electrons. The average molecular weight is 1280 g/mol. The van der Waals surface area contributed by atoms with Crippen molar-refractivity contribution in [3.63, 3.8) is 0 Å². The molecule has 2 fully saturated rings. The number of hydrogen-bond donors (Lipinski definition) is 0. The summed E-state index contributed by atoms with van der Waals surface area (Å²) in [4.78, 5) is 29.8. The molecule has 14 heteroatoms. The molecule has 2 unspecified atom stereocenters. The van der Waals surface area contributed by atoms with Crippen molar-refractivity contribution in [1.82, 2.24) is 0 Å². The zero-order valence-electron chi connectivity index (χ0n) is 49.2. The zero-order chi connectivity index (χ0) is 58.5. The summed E-state index contributed by atoms with van der Waals surface area (Å²) in [5.74, 6) is 9.20. The van der Waals surface area contributed by atoms with Gasteiger partial charge in [0.05, 0.1) is 65.8 Å². The Morgan fingerprint density at radius 1 is 0.427 bits per heavy atom. The Morgan fingerprint density at radius 3 is 1.20 bits per heavy atom. The molecule has 0 bridgehead atoms. The fourth-order valence-corrected chi connectivity index (χ4v) is 19.5. The van der Waals surface area contributed by atoms with Crippen molar-refractivity contribution in [2.45, 2.75) is 66.7 Å². The number of rotatable bonds is 15. The van der Waals surface area contributed by atoms with Gasteiger partial charge in [-0.05, 0) is 103 Å². The van der Waals surface area contributed by atoms with E-state index in [1.165, 1.54) is 21.8 Å². The minimum atomic E-state index is -0.290. The van der Waals surface area contributed by atoms with E-state index in [1.54, 1.807) is 28.4 Å². The van der Waals surface area contributed by atoms with E-state index in [0.29, 0.717) is 19.0 Å². The summed E-state index contributed by atoms with van der Waals surface area (Å²) in [5.41, 5.74) is 1.42. The van der Waals surface area contributed by atoms with Crippen LogP contribution in [-0.4, -0.2) is 113 Å². The van der Waals surface area contributed by atoms with Crippen molar-refractivity contribution in [2.24, 2.45) is 10.8 Å². The average Bonchev–Trinajstić information content (AvgIpc) is 3.70. The number of fused-ring (bicyclic) bond motifs is 1. The first-order chi connectivity index (χ1) is 39.6. The highest BCUT2D eigenvalue weighted by atomic mass is 127. The molecule has 10 nitrogen and oxygen atoms in total. The van der Waals surface area contributed by atoms with E-state index in [0.717, 1.165) is 89.3 Å². The van der Waals surface area contributed by atoms with Crippen LogP contribution in [0.5, 0.6) is 34.5 Å². The van der Waals surface area contributed by atoms with Crippen molar-refractivity contribution in [1.29, 1.82) is 0 Å². The molecule has 10 rings (SSSR count). The van der Waals surface area contributed by atoms with Crippen molar-refractivity contribution in [3.8, 4) is 34.5 Å². The van der Waals surface area contributed by atoms with Crippen LogP contribution in [0, 0.1) is 18.0 Å². The van der Waals surface area contributed by atoms with Crippen LogP contribution >= 0.6 is 0 Å². The van der Waals surface area contributed by atoms with Crippen LogP contribution in [0.15, 0.2) is 191 Å². The summed E-state index contributed by atoms with van der Waals surface area (Å²) in [6.45, 7) is 17.2. The minimum Gasteiger partial charge on any atom is -0.497 e. The van der Waals surface area contributed by atoms with Gasteiger partial charge < -0.3 is 37.9 Å². The predicted molar refractivity (Wildman–Crippen MR) is 333 cm³/mol. The number of carbonyl (C=O) groups is 2. The molecular weight excluding hydrogens is 1200 g/mol. The van der Waals surface area contributed by atoms with Crippen LogP contribution in [0.4, 0.5) is 0 Å². The van der Waals surface area contributed by atoms with E-state index >= 15 is 0 Å². The molecule has 0 N–H and O–H groups in total.